The number of hydrogen-bond donors (Lipinski definition) is 0. The van der Waals surface area contributed by atoms with E-state index in [1.165, 1.54) is 0 Å². The molecule has 0 N–H and O–H groups in total. The molecule has 0 heterocycles. The molecule has 0 amide bonds. The van der Waals surface area contributed by atoms with E-state index in [4.69, 9.17) is 8.85 Å². The van der Waals surface area contributed by atoms with Crippen LogP contribution in [0.3, 0.4) is 0 Å². The third-order valence-electron chi connectivity index (χ3n) is 1.52. The first-order chi connectivity index (χ1) is 5.97. The molecule has 2 nitrogen and oxygen atoms in total. The molecule has 0 atom stereocenters. The number of halogens is 1. The molecule has 0 saturated heterocycles. The summed E-state index contributed by atoms with van der Waals surface area (Å²) in [7, 11) is -2.24. The molecule has 0 aliphatic carbocycles. The van der Waals surface area contributed by atoms with E-state index >= 15 is 0 Å². The van der Waals surface area contributed by atoms with Gasteiger partial charge < -0.3 is 25.8 Å². The van der Waals surface area contributed by atoms with Gasteiger partial charge in [-0.15, -0.1) is 0 Å². The van der Waals surface area contributed by atoms with E-state index in [0.717, 1.165) is 6.04 Å². The quantitative estimate of drug-likeness (QED) is 0.541. The van der Waals surface area contributed by atoms with Gasteiger partial charge in [0.1, 0.15) is 0 Å². The normalized spacial score (nSPS) is 12.8. The fraction of sp³-hybridized carbons (Fsp3) is 0.909. The largest absolute Gasteiger partial charge is 2.00 e. The van der Waals surface area contributed by atoms with Crippen LogP contribution < -0.4 is 17.0 Å². The Balaban J connectivity index is -0.000000845. The summed E-state index contributed by atoms with van der Waals surface area (Å²) in [6.45, 7) is 18.5. The zero-order valence-corrected chi connectivity index (χ0v) is 15.8. The molecule has 0 bridgehead atoms. The molecule has 5 heteroatoms. The molecule has 0 aliphatic rings. The van der Waals surface area contributed by atoms with Crippen molar-refractivity contribution in [2.75, 3.05) is 0 Å². The molecule has 94 valence electrons. The van der Waals surface area contributed by atoms with Gasteiger partial charge in [-0.3, -0.25) is 6.55 Å². The van der Waals surface area contributed by atoms with Crippen molar-refractivity contribution in [3.8, 4) is 0 Å². The van der Waals surface area contributed by atoms with E-state index in [1.807, 2.05) is 41.5 Å². The van der Waals surface area contributed by atoms with Gasteiger partial charge in [0.25, 0.3) is 0 Å². The zero-order valence-electron chi connectivity index (χ0n) is 11.8. The smallest absolute Gasteiger partial charge is 1.00 e. The average molecular weight is 322 g/mol. The molecular formula is C11H25BrMgO2Si. The molecule has 0 spiro atoms. The third kappa shape index (κ3) is 11.9. The van der Waals surface area contributed by atoms with Crippen LogP contribution in [-0.4, -0.2) is 42.8 Å². The van der Waals surface area contributed by atoms with Gasteiger partial charge in [-0.25, -0.2) is 0 Å². The van der Waals surface area contributed by atoms with E-state index < -0.39 is 8.56 Å². The minimum Gasteiger partial charge on any atom is -1.00 e. The molecule has 0 aromatic rings. The maximum atomic E-state index is 5.96. The van der Waals surface area contributed by atoms with Crippen molar-refractivity contribution in [2.45, 2.75) is 65.7 Å². The van der Waals surface area contributed by atoms with Gasteiger partial charge in [0.15, 0.2) is 8.56 Å². The molecule has 0 aromatic carbocycles. The molecule has 0 aliphatic heterocycles. The molecule has 0 aromatic heterocycles. The van der Waals surface area contributed by atoms with Crippen molar-refractivity contribution in [2.24, 2.45) is 0 Å². The predicted octanol–water partition coefficient (Wildman–Crippen LogP) is 0.0752. The second-order valence-corrected chi connectivity index (χ2v) is 8.63. The van der Waals surface area contributed by atoms with Crippen molar-refractivity contribution in [1.82, 2.24) is 0 Å². The van der Waals surface area contributed by atoms with Crippen LogP contribution in [0.25, 0.3) is 0 Å². The van der Waals surface area contributed by atoms with Crippen LogP contribution in [0.1, 0.15) is 48.5 Å². The van der Waals surface area contributed by atoms with Crippen LogP contribution in [0.2, 0.25) is 6.04 Å². The Labute approximate surface area is 129 Å². The summed E-state index contributed by atoms with van der Waals surface area (Å²) >= 11 is 0. The first kappa shape index (κ1) is 22.6. The van der Waals surface area contributed by atoms with Gasteiger partial charge in [-0.05, 0) is 47.6 Å². The Morgan fingerprint density at radius 2 is 1.19 bits per heavy atom. The maximum absolute atomic E-state index is 5.96. The second kappa shape index (κ2) is 7.74. The molecule has 0 saturated carbocycles. The van der Waals surface area contributed by atoms with Crippen LogP contribution in [0.4, 0.5) is 0 Å². The summed E-state index contributed by atoms with van der Waals surface area (Å²) in [4.78, 5) is 0. The molecule has 16 heavy (non-hydrogen) atoms. The first-order valence-corrected chi connectivity index (χ1v) is 7.46. The van der Waals surface area contributed by atoms with E-state index in [-0.39, 0.29) is 51.2 Å². The summed E-state index contributed by atoms with van der Waals surface area (Å²) < 4.78 is 11.9. The van der Waals surface area contributed by atoms with E-state index in [0.29, 0.717) is 0 Å². The SMILES string of the molecule is [Br-].[CH2-][Si](CC)(OC(C)(C)C)OC(C)(C)C.[Mg+2]. The van der Waals surface area contributed by atoms with Crippen molar-refractivity contribution < 1.29 is 25.8 Å². The molecule has 0 fully saturated rings. The third-order valence-corrected chi connectivity index (χ3v) is 4.57. The van der Waals surface area contributed by atoms with Crippen LogP contribution in [0, 0.1) is 6.55 Å². The minimum absolute atomic E-state index is 0. The van der Waals surface area contributed by atoms with Gasteiger partial charge in [0.2, 0.25) is 0 Å². The molecular weight excluding hydrogens is 296 g/mol. The van der Waals surface area contributed by atoms with Crippen molar-refractivity contribution in [1.29, 1.82) is 0 Å². The van der Waals surface area contributed by atoms with Gasteiger partial charge in [-0.1, -0.05) is 6.92 Å². The Morgan fingerprint density at radius 3 is 1.31 bits per heavy atom. The van der Waals surface area contributed by atoms with Gasteiger partial charge in [0, 0.05) is 11.2 Å². The summed E-state index contributed by atoms with van der Waals surface area (Å²) in [5, 5.41) is 0. The van der Waals surface area contributed by atoms with E-state index in [1.54, 1.807) is 0 Å². The topological polar surface area (TPSA) is 18.5 Å². The van der Waals surface area contributed by atoms with Crippen molar-refractivity contribution in [3.63, 3.8) is 0 Å². The second-order valence-electron chi connectivity index (χ2n) is 5.69. The standard InChI is InChI=1S/C11H25O2Si.BrH.Mg/c1-9-14(8,12-10(2,3)4)13-11(5,6)7;;/h8-9H2,1-7H3;1H;/q-1;;+2/p-1. The van der Waals surface area contributed by atoms with Crippen molar-refractivity contribution >= 4 is 31.6 Å². The van der Waals surface area contributed by atoms with Crippen LogP contribution in [-0.2, 0) is 8.85 Å². The maximum Gasteiger partial charge on any atom is 2.00 e. The Kier molecular flexibility index (Phi) is 10.9. The number of hydrogen-bond acceptors (Lipinski definition) is 2. The Morgan fingerprint density at radius 1 is 0.938 bits per heavy atom. The van der Waals surface area contributed by atoms with Gasteiger partial charge >= 0.3 is 23.1 Å². The molecule has 0 rings (SSSR count). The van der Waals surface area contributed by atoms with Crippen LogP contribution >= 0.6 is 0 Å². The minimum atomic E-state index is -2.24. The molecule has 0 unspecified atom stereocenters. The van der Waals surface area contributed by atoms with Crippen LogP contribution in [0.15, 0.2) is 0 Å². The van der Waals surface area contributed by atoms with E-state index in [9.17, 15) is 0 Å². The zero-order chi connectivity index (χ0) is 11.6. The summed E-state index contributed by atoms with van der Waals surface area (Å²) in [6.07, 6.45) is 0. The van der Waals surface area contributed by atoms with E-state index in [2.05, 4.69) is 13.5 Å². The van der Waals surface area contributed by atoms with Gasteiger partial charge in [0.05, 0.1) is 0 Å². The fourth-order valence-electron chi connectivity index (χ4n) is 1.28. The fourth-order valence-corrected chi connectivity index (χ4v) is 3.84. The molecule has 0 radical (unpaired) electrons. The van der Waals surface area contributed by atoms with Crippen LogP contribution in [0.5, 0.6) is 0 Å². The van der Waals surface area contributed by atoms with Crippen molar-refractivity contribution in [3.05, 3.63) is 6.55 Å². The Bertz CT molecular complexity index is 171. The average Bonchev–Trinajstić information content (AvgIpc) is 1.78. The predicted molar refractivity (Wildman–Crippen MR) is 69.0 cm³/mol. The Hall–Kier alpha value is 1.38. The summed E-state index contributed by atoms with van der Waals surface area (Å²) in [6, 6.07) is 0.877. The first-order valence-electron chi connectivity index (χ1n) is 5.23. The monoisotopic (exact) mass is 320 g/mol. The number of rotatable bonds is 3. The van der Waals surface area contributed by atoms with Gasteiger partial charge in [-0.2, -0.15) is 0 Å². The summed E-state index contributed by atoms with van der Waals surface area (Å²) in [5.74, 6) is 0. The summed E-state index contributed by atoms with van der Waals surface area (Å²) in [5.41, 5.74) is -0.343.